The lowest BCUT2D eigenvalue weighted by Gasteiger charge is -2.20. The number of carbonyl (C=O) groups excluding carboxylic acids is 1. The van der Waals surface area contributed by atoms with Crippen molar-refractivity contribution in [2.75, 3.05) is 33.3 Å². The standard InChI is InChI=1S/C20H31ClN4O2/c1-3-22-20(24-15-16-9-10-17(21)14-18(16)27-2)23-11-7-13-25-12-6-4-5-8-19(25)26/h9-10,14H,3-8,11-13,15H2,1-2H3,(H2,22,23,24). The molecule has 1 aliphatic heterocycles. The summed E-state index contributed by atoms with van der Waals surface area (Å²) >= 11 is 6.01. The maximum atomic E-state index is 12.0. The Bertz CT molecular complexity index is 636. The lowest BCUT2D eigenvalue weighted by molar-refractivity contribution is -0.130. The number of benzene rings is 1. The van der Waals surface area contributed by atoms with Crippen molar-refractivity contribution >= 4 is 23.5 Å². The van der Waals surface area contributed by atoms with Gasteiger partial charge in [0.15, 0.2) is 5.96 Å². The molecule has 27 heavy (non-hydrogen) atoms. The van der Waals surface area contributed by atoms with E-state index in [4.69, 9.17) is 16.3 Å². The Balaban J connectivity index is 1.84. The van der Waals surface area contributed by atoms with Crippen molar-refractivity contribution in [3.05, 3.63) is 28.8 Å². The predicted molar refractivity (Wildman–Crippen MR) is 110 cm³/mol. The minimum absolute atomic E-state index is 0.294. The molecule has 1 heterocycles. The van der Waals surface area contributed by atoms with E-state index in [9.17, 15) is 4.79 Å². The second-order valence-electron chi connectivity index (χ2n) is 6.62. The lowest BCUT2D eigenvalue weighted by Crippen LogP contribution is -2.39. The van der Waals surface area contributed by atoms with E-state index >= 15 is 0 Å². The lowest BCUT2D eigenvalue weighted by atomic mass is 10.2. The van der Waals surface area contributed by atoms with E-state index in [0.717, 1.165) is 69.1 Å². The first kappa shape index (κ1) is 21.4. The third kappa shape index (κ3) is 7.29. The summed E-state index contributed by atoms with van der Waals surface area (Å²) < 4.78 is 5.37. The van der Waals surface area contributed by atoms with E-state index in [2.05, 4.69) is 15.6 Å². The van der Waals surface area contributed by atoms with Crippen LogP contribution in [0.5, 0.6) is 5.75 Å². The van der Waals surface area contributed by atoms with Gasteiger partial charge in [-0.25, -0.2) is 4.99 Å². The van der Waals surface area contributed by atoms with Crippen LogP contribution < -0.4 is 15.4 Å². The highest BCUT2D eigenvalue weighted by Crippen LogP contribution is 2.23. The fraction of sp³-hybridized carbons (Fsp3) is 0.600. The van der Waals surface area contributed by atoms with Crippen LogP contribution in [0.2, 0.25) is 5.02 Å². The van der Waals surface area contributed by atoms with Crippen LogP contribution in [-0.4, -0.2) is 50.1 Å². The number of guanidine groups is 1. The summed E-state index contributed by atoms with van der Waals surface area (Å²) in [6, 6.07) is 5.57. The van der Waals surface area contributed by atoms with Gasteiger partial charge in [0.1, 0.15) is 5.75 Å². The average Bonchev–Trinajstić information content (AvgIpc) is 2.87. The van der Waals surface area contributed by atoms with Gasteiger partial charge in [-0.05, 0) is 38.3 Å². The van der Waals surface area contributed by atoms with Crippen LogP contribution in [0.4, 0.5) is 0 Å². The second-order valence-corrected chi connectivity index (χ2v) is 7.06. The Morgan fingerprint density at radius 2 is 2.15 bits per heavy atom. The molecule has 1 amide bonds. The molecule has 0 radical (unpaired) electrons. The van der Waals surface area contributed by atoms with Gasteiger partial charge in [0.2, 0.25) is 5.91 Å². The van der Waals surface area contributed by atoms with Gasteiger partial charge in [-0.1, -0.05) is 24.1 Å². The average molecular weight is 395 g/mol. The zero-order valence-corrected chi connectivity index (χ0v) is 17.1. The first-order valence-electron chi connectivity index (χ1n) is 9.76. The molecule has 0 bridgehead atoms. The molecule has 2 rings (SSSR count). The molecule has 0 spiro atoms. The molecule has 0 saturated carbocycles. The molecule has 150 valence electrons. The zero-order valence-electron chi connectivity index (χ0n) is 16.4. The van der Waals surface area contributed by atoms with Gasteiger partial charge < -0.3 is 20.3 Å². The summed E-state index contributed by atoms with van der Waals surface area (Å²) in [5.74, 6) is 1.79. The number of hydrogen-bond donors (Lipinski definition) is 2. The van der Waals surface area contributed by atoms with Crippen LogP contribution in [-0.2, 0) is 11.3 Å². The van der Waals surface area contributed by atoms with Crippen molar-refractivity contribution in [2.45, 2.75) is 45.6 Å². The van der Waals surface area contributed by atoms with Crippen LogP contribution >= 0.6 is 11.6 Å². The fourth-order valence-electron chi connectivity index (χ4n) is 3.11. The minimum Gasteiger partial charge on any atom is -0.496 e. The molecule has 0 unspecified atom stereocenters. The van der Waals surface area contributed by atoms with E-state index in [1.54, 1.807) is 13.2 Å². The van der Waals surface area contributed by atoms with E-state index in [-0.39, 0.29) is 0 Å². The molecule has 1 fully saturated rings. The van der Waals surface area contributed by atoms with Gasteiger partial charge in [0.05, 0.1) is 13.7 Å². The van der Waals surface area contributed by atoms with Crippen LogP contribution in [0.15, 0.2) is 23.2 Å². The van der Waals surface area contributed by atoms with Crippen molar-refractivity contribution in [2.24, 2.45) is 4.99 Å². The van der Waals surface area contributed by atoms with Gasteiger partial charge >= 0.3 is 0 Å². The summed E-state index contributed by atoms with van der Waals surface area (Å²) in [6.07, 6.45) is 4.90. The number of aliphatic imine (C=N–C) groups is 1. The summed E-state index contributed by atoms with van der Waals surface area (Å²) in [5, 5.41) is 7.24. The first-order chi connectivity index (χ1) is 13.1. The minimum atomic E-state index is 0.294. The van der Waals surface area contributed by atoms with Gasteiger partial charge in [0, 0.05) is 43.2 Å². The topological polar surface area (TPSA) is 66.0 Å². The molecule has 6 nitrogen and oxygen atoms in total. The Morgan fingerprint density at radius 3 is 2.93 bits per heavy atom. The summed E-state index contributed by atoms with van der Waals surface area (Å²) in [5.41, 5.74) is 0.981. The highest BCUT2D eigenvalue weighted by atomic mass is 35.5. The number of hydrogen-bond acceptors (Lipinski definition) is 3. The molecule has 1 aromatic carbocycles. The maximum Gasteiger partial charge on any atom is 0.222 e. The quantitative estimate of drug-likeness (QED) is 0.403. The van der Waals surface area contributed by atoms with Crippen LogP contribution in [0, 0.1) is 0 Å². The molecule has 7 heteroatoms. The SMILES string of the molecule is CCNC(=NCc1ccc(Cl)cc1OC)NCCCN1CCCCCC1=O. The molecular formula is C20H31ClN4O2. The Hall–Kier alpha value is -1.95. The third-order valence-corrected chi connectivity index (χ3v) is 4.80. The number of rotatable bonds is 8. The van der Waals surface area contributed by atoms with Crippen molar-refractivity contribution in [1.82, 2.24) is 15.5 Å². The maximum absolute atomic E-state index is 12.0. The van der Waals surface area contributed by atoms with Crippen molar-refractivity contribution in [3.8, 4) is 5.75 Å². The summed E-state index contributed by atoms with van der Waals surface area (Å²) in [6.45, 7) is 5.79. The van der Waals surface area contributed by atoms with Crippen molar-refractivity contribution in [1.29, 1.82) is 0 Å². The number of halogens is 1. The number of likely N-dealkylation sites (tertiary alicyclic amines) is 1. The Labute approximate surface area is 167 Å². The number of ether oxygens (including phenoxy) is 1. The number of methoxy groups -OCH3 is 1. The number of nitrogens with one attached hydrogen (secondary N) is 2. The molecule has 1 aromatic rings. The molecule has 1 saturated heterocycles. The van der Waals surface area contributed by atoms with Gasteiger partial charge in [-0.2, -0.15) is 0 Å². The molecule has 0 aromatic heterocycles. The highest BCUT2D eigenvalue weighted by molar-refractivity contribution is 6.30. The molecule has 1 aliphatic rings. The van der Waals surface area contributed by atoms with Crippen LogP contribution in [0.25, 0.3) is 0 Å². The van der Waals surface area contributed by atoms with Gasteiger partial charge in [0.25, 0.3) is 0 Å². The fourth-order valence-corrected chi connectivity index (χ4v) is 3.27. The van der Waals surface area contributed by atoms with E-state index in [1.165, 1.54) is 0 Å². The molecule has 2 N–H and O–H groups in total. The monoisotopic (exact) mass is 394 g/mol. The van der Waals surface area contributed by atoms with E-state index < -0.39 is 0 Å². The molecular weight excluding hydrogens is 364 g/mol. The Morgan fingerprint density at radius 1 is 1.30 bits per heavy atom. The third-order valence-electron chi connectivity index (χ3n) is 4.57. The number of nitrogens with zero attached hydrogens (tertiary/aromatic N) is 2. The number of carbonyl (C=O) groups is 1. The van der Waals surface area contributed by atoms with Crippen molar-refractivity contribution in [3.63, 3.8) is 0 Å². The van der Waals surface area contributed by atoms with E-state index in [0.29, 0.717) is 23.9 Å². The van der Waals surface area contributed by atoms with Crippen LogP contribution in [0.1, 0.15) is 44.6 Å². The normalized spacial score (nSPS) is 15.4. The predicted octanol–water partition coefficient (Wildman–Crippen LogP) is 3.20. The summed E-state index contributed by atoms with van der Waals surface area (Å²) in [7, 11) is 1.63. The second kappa shape index (κ2) is 11.7. The molecule has 0 atom stereocenters. The van der Waals surface area contributed by atoms with Gasteiger partial charge in [-0.15, -0.1) is 0 Å². The van der Waals surface area contributed by atoms with E-state index in [1.807, 2.05) is 24.0 Å². The van der Waals surface area contributed by atoms with Crippen molar-refractivity contribution < 1.29 is 9.53 Å². The Kier molecular flexibility index (Phi) is 9.25. The van der Waals surface area contributed by atoms with Gasteiger partial charge in [-0.3, -0.25) is 4.79 Å². The van der Waals surface area contributed by atoms with Crippen LogP contribution in [0.3, 0.4) is 0 Å². The number of amides is 1. The largest absolute Gasteiger partial charge is 0.496 e. The first-order valence-corrected chi connectivity index (χ1v) is 10.1. The smallest absolute Gasteiger partial charge is 0.222 e. The zero-order chi connectivity index (χ0) is 19.5. The summed E-state index contributed by atoms with van der Waals surface area (Å²) in [4.78, 5) is 18.7. The highest BCUT2D eigenvalue weighted by Gasteiger charge is 2.15. The molecule has 0 aliphatic carbocycles.